The van der Waals surface area contributed by atoms with Crippen LogP contribution in [0.5, 0.6) is 11.6 Å². The van der Waals surface area contributed by atoms with E-state index in [4.69, 9.17) is 21.1 Å². The van der Waals surface area contributed by atoms with Gasteiger partial charge in [0.25, 0.3) is 0 Å². The van der Waals surface area contributed by atoms with Crippen molar-refractivity contribution < 1.29 is 14.3 Å². The first-order valence-electron chi connectivity index (χ1n) is 10.8. The summed E-state index contributed by atoms with van der Waals surface area (Å²) in [5, 5.41) is 3.76. The first-order chi connectivity index (χ1) is 15.5. The van der Waals surface area contributed by atoms with Gasteiger partial charge in [0, 0.05) is 37.0 Å². The van der Waals surface area contributed by atoms with E-state index in [1.807, 2.05) is 62.4 Å². The summed E-state index contributed by atoms with van der Waals surface area (Å²) in [5.74, 6) is 1.32. The molecule has 32 heavy (non-hydrogen) atoms. The second-order valence-electron chi connectivity index (χ2n) is 8.26. The molecule has 0 unspecified atom stereocenters. The second-order valence-corrected chi connectivity index (χ2v) is 8.70. The van der Waals surface area contributed by atoms with E-state index >= 15 is 0 Å². The quantitative estimate of drug-likeness (QED) is 0.538. The van der Waals surface area contributed by atoms with Gasteiger partial charge in [-0.1, -0.05) is 41.9 Å². The van der Waals surface area contributed by atoms with Gasteiger partial charge < -0.3 is 14.8 Å². The molecule has 1 N–H and O–H groups in total. The summed E-state index contributed by atoms with van der Waals surface area (Å²) in [6.45, 7) is 5.54. The molecule has 0 spiro atoms. The number of nitrogens with zero attached hydrogens (tertiary/aromatic N) is 1. The van der Waals surface area contributed by atoms with Crippen molar-refractivity contribution in [1.29, 1.82) is 0 Å². The third-order valence-electron chi connectivity index (χ3n) is 5.99. The maximum absolute atomic E-state index is 13.3. The van der Waals surface area contributed by atoms with Gasteiger partial charge in [0.15, 0.2) is 0 Å². The zero-order valence-corrected chi connectivity index (χ0v) is 19.1. The molecule has 1 aromatic heterocycles. The van der Waals surface area contributed by atoms with Crippen molar-refractivity contribution in [3.05, 3.63) is 88.1 Å². The Hall–Kier alpha value is -2.89. The summed E-state index contributed by atoms with van der Waals surface area (Å²) in [5.41, 5.74) is 3.45. The predicted octanol–water partition coefficient (Wildman–Crippen LogP) is 5.51. The van der Waals surface area contributed by atoms with Gasteiger partial charge in [-0.25, -0.2) is 4.98 Å². The van der Waals surface area contributed by atoms with Crippen LogP contribution in [0, 0.1) is 13.8 Å². The van der Waals surface area contributed by atoms with Crippen molar-refractivity contribution in [2.45, 2.75) is 38.6 Å². The lowest BCUT2D eigenvalue weighted by Crippen LogP contribution is -2.47. The topological polar surface area (TPSA) is 60.5 Å². The minimum absolute atomic E-state index is 0.00108. The second kappa shape index (κ2) is 9.72. The number of amides is 1. The van der Waals surface area contributed by atoms with Crippen molar-refractivity contribution >= 4 is 17.5 Å². The number of pyridine rings is 1. The molecule has 1 aliphatic heterocycles. The van der Waals surface area contributed by atoms with Crippen LogP contribution in [0.25, 0.3) is 0 Å². The lowest BCUT2D eigenvalue weighted by atomic mass is 9.73. The molecule has 0 atom stereocenters. The van der Waals surface area contributed by atoms with Crippen LogP contribution in [0.1, 0.15) is 35.1 Å². The first kappa shape index (κ1) is 22.3. The summed E-state index contributed by atoms with van der Waals surface area (Å²) >= 11 is 6.05. The maximum Gasteiger partial charge on any atom is 0.231 e. The van der Waals surface area contributed by atoms with Gasteiger partial charge in [-0.05, 0) is 67.1 Å². The van der Waals surface area contributed by atoms with Gasteiger partial charge in [-0.2, -0.15) is 0 Å². The van der Waals surface area contributed by atoms with Crippen LogP contribution in [-0.4, -0.2) is 24.1 Å². The van der Waals surface area contributed by atoms with Crippen molar-refractivity contribution in [1.82, 2.24) is 10.3 Å². The Balaban J connectivity index is 1.43. The molecule has 4 rings (SSSR count). The van der Waals surface area contributed by atoms with Gasteiger partial charge in [0.05, 0.1) is 5.41 Å². The molecule has 3 aromatic rings. The van der Waals surface area contributed by atoms with Gasteiger partial charge in [-0.3, -0.25) is 4.79 Å². The van der Waals surface area contributed by atoms with E-state index in [0.29, 0.717) is 43.5 Å². The van der Waals surface area contributed by atoms with Crippen molar-refractivity contribution in [2.24, 2.45) is 0 Å². The van der Waals surface area contributed by atoms with Gasteiger partial charge >= 0.3 is 0 Å². The molecule has 0 bridgehead atoms. The van der Waals surface area contributed by atoms with Crippen LogP contribution in [-0.2, 0) is 21.5 Å². The molecule has 2 heterocycles. The van der Waals surface area contributed by atoms with Gasteiger partial charge in [0.2, 0.25) is 11.8 Å². The molecule has 5 nitrogen and oxygen atoms in total. The van der Waals surface area contributed by atoms with E-state index in [2.05, 4.69) is 16.4 Å². The Labute approximate surface area is 193 Å². The van der Waals surface area contributed by atoms with Crippen LogP contribution < -0.4 is 10.1 Å². The third kappa shape index (κ3) is 4.95. The zero-order chi connectivity index (χ0) is 22.6. The van der Waals surface area contributed by atoms with E-state index in [9.17, 15) is 4.79 Å². The zero-order valence-electron chi connectivity index (χ0n) is 18.4. The minimum Gasteiger partial charge on any atom is -0.439 e. The van der Waals surface area contributed by atoms with E-state index in [1.165, 1.54) is 0 Å². The number of halogens is 1. The molecular weight excluding hydrogens is 424 g/mol. The number of ether oxygens (including phenoxy) is 2. The Morgan fingerprint density at radius 1 is 1.09 bits per heavy atom. The van der Waals surface area contributed by atoms with Crippen LogP contribution in [0.2, 0.25) is 5.02 Å². The van der Waals surface area contributed by atoms with E-state index < -0.39 is 5.41 Å². The summed E-state index contributed by atoms with van der Waals surface area (Å²) in [7, 11) is 0. The highest BCUT2D eigenvalue weighted by Crippen LogP contribution is 2.36. The van der Waals surface area contributed by atoms with E-state index in [1.54, 1.807) is 6.20 Å². The monoisotopic (exact) mass is 450 g/mol. The normalized spacial score (nSPS) is 15.2. The van der Waals surface area contributed by atoms with Crippen LogP contribution >= 0.6 is 11.6 Å². The Kier molecular flexibility index (Phi) is 6.77. The molecule has 0 saturated carbocycles. The van der Waals surface area contributed by atoms with Crippen molar-refractivity contribution in [3.63, 3.8) is 0 Å². The maximum atomic E-state index is 13.3. The number of hydrogen-bond donors (Lipinski definition) is 1. The van der Waals surface area contributed by atoms with Crippen LogP contribution in [0.4, 0.5) is 0 Å². The lowest BCUT2D eigenvalue weighted by Gasteiger charge is -2.36. The van der Waals surface area contributed by atoms with Crippen LogP contribution in [0.3, 0.4) is 0 Å². The fraction of sp³-hybridized carbons (Fsp3) is 0.308. The van der Waals surface area contributed by atoms with E-state index in [0.717, 1.165) is 28.0 Å². The number of nitrogens with one attached hydrogen (secondary N) is 1. The number of aryl methyl sites for hydroxylation is 2. The number of rotatable bonds is 6. The molecule has 1 amide bonds. The fourth-order valence-electron chi connectivity index (χ4n) is 3.99. The molecule has 1 fully saturated rings. The summed E-state index contributed by atoms with van der Waals surface area (Å²) in [6, 6.07) is 17.4. The lowest BCUT2D eigenvalue weighted by molar-refractivity contribution is -0.130. The Morgan fingerprint density at radius 3 is 2.53 bits per heavy atom. The van der Waals surface area contributed by atoms with E-state index in [-0.39, 0.29) is 5.91 Å². The molecule has 2 aromatic carbocycles. The SMILES string of the molecule is Cc1ccc(C)c(Oc2ccc(CNC(=O)C3(c4ccc(Cl)cc4)CCOCC3)cn2)c1. The van der Waals surface area contributed by atoms with Crippen molar-refractivity contribution in [2.75, 3.05) is 13.2 Å². The number of carbonyl (C=O) groups excluding carboxylic acids is 1. The minimum atomic E-state index is -0.609. The molecule has 6 heteroatoms. The summed E-state index contributed by atoms with van der Waals surface area (Å²) in [4.78, 5) is 17.7. The number of aromatic nitrogens is 1. The summed E-state index contributed by atoms with van der Waals surface area (Å²) < 4.78 is 11.5. The highest BCUT2D eigenvalue weighted by molar-refractivity contribution is 6.30. The molecule has 0 aliphatic carbocycles. The average molecular weight is 451 g/mol. The first-order valence-corrected chi connectivity index (χ1v) is 11.2. The number of carbonyl (C=O) groups is 1. The fourth-order valence-corrected chi connectivity index (χ4v) is 4.12. The smallest absolute Gasteiger partial charge is 0.231 e. The average Bonchev–Trinajstić information content (AvgIpc) is 2.81. The highest BCUT2D eigenvalue weighted by atomic mass is 35.5. The molecule has 1 saturated heterocycles. The molecule has 1 aliphatic rings. The predicted molar refractivity (Wildman–Crippen MR) is 125 cm³/mol. The standard InChI is InChI=1S/C26H27ClN2O3/c1-18-3-4-19(2)23(15-18)32-24-10-5-20(16-28-24)17-29-25(30)26(11-13-31-14-12-26)21-6-8-22(27)9-7-21/h3-10,15-16H,11-14,17H2,1-2H3,(H,29,30). The highest BCUT2D eigenvalue weighted by Gasteiger charge is 2.41. The summed E-state index contributed by atoms with van der Waals surface area (Å²) in [6.07, 6.45) is 3.02. The largest absolute Gasteiger partial charge is 0.439 e. The van der Waals surface area contributed by atoms with Crippen LogP contribution in [0.15, 0.2) is 60.8 Å². The van der Waals surface area contributed by atoms with Gasteiger partial charge in [-0.15, -0.1) is 0 Å². The molecule has 166 valence electrons. The van der Waals surface area contributed by atoms with Gasteiger partial charge in [0.1, 0.15) is 5.75 Å². The van der Waals surface area contributed by atoms with Crippen molar-refractivity contribution in [3.8, 4) is 11.6 Å². The Bertz CT molecular complexity index is 1080. The number of hydrogen-bond acceptors (Lipinski definition) is 4. The molecule has 0 radical (unpaired) electrons. The molecular formula is C26H27ClN2O3. The number of benzene rings is 2. The Morgan fingerprint density at radius 2 is 1.84 bits per heavy atom. The third-order valence-corrected chi connectivity index (χ3v) is 6.24.